The number of rotatable bonds is 3. The van der Waals surface area contributed by atoms with Gasteiger partial charge in [-0.05, 0) is 0 Å². The summed E-state index contributed by atoms with van der Waals surface area (Å²) in [5, 5.41) is 9.89. The lowest BCUT2D eigenvalue weighted by atomic mass is 9.94. The maximum atomic E-state index is 10.3. The zero-order chi connectivity index (χ0) is 9.03. The Morgan fingerprint density at radius 2 is 2.17 bits per heavy atom. The average Bonchev–Trinajstić information content (AvgIpc) is 2.05. The Bertz CT molecular complexity index is 154. The molecule has 70 valence electrons. The van der Waals surface area contributed by atoms with Crippen LogP contribution in [0.15, 0.2) is 0 Å². The first kappa shape index (κ1) is 9.48. The Morgan fingerprint density at radius 3 is 2.67 bits per heavy atom. The van der Waals surface area contributed by atoms with Gasteiger partial charge in [-0.3, -0.25) is 4.79 Å². The minimum Gasteiger partial charge on any atom is -0.388 e. The van der Waals surface area contributed by atoms with Crippen LogP contribution in [0, 0.1) is 0 Å². The van der Waals surface area contributed by atoms with Crippen molar-refractivity contribution in [1.82, 2.24) is 4.90 Å². The molecule has 0 aliphatic carbocycles. The van der Waals surface area contributed by atoms with Crippen LogP contribution in [0.4, 0.5) is 0 Å². The molecule has 1 saturated heterocycles. The number of amides is 1. The minimum absolute atomic E-state index is 0.403. The fraction of sp³-hybridized carbons (Fsp3) is 0.875. The predicted octanol–water partition coefficient (Wildman–Crippen LogP) is -0.384. The van der Waals surface area contributed by atoms with E-state index in [1.807, 2.05) is 0 Å². The molecule has 0 bridgehead atoms. The van der Waals surface area contributed by atoms with Crippen molar-refractivity contribution >= 4 is 6.41 Å². The molecule has 0 aromatic heterocycles. The number of hydrogen-bond donors (Lipinski definition) is 1. The van der Waals surface area contributed by atoms with Gasteiger partial charge < -0.3 is 14.7 Å². The molecule has 1 rings (SSSR count). The average molecular weight is 173 g/mol. The van der Waals surface area contributed by atoms with Crippen molar-refractivity contribution in [2.24, 2.45) is 0 Å². The smallest absolute Gasteiger partial charge is 0.209 e. The van der Waals surface area contributed by atoms with Gasteiger partial charge in [-0.2, -0.15) is 0 Å². The highest BCUT2D eigenvalue weighted by Gasteiger charge is 2.30. The van der Waals surface area contributed by atoms with Crippen LogP contribution in [0.5, 0.6) is 0 Å². The monoisotopic (exact) mass is 173 g/mol. The summed E-state index contributed by atoms with van der Waals surface area (Å²) >= 11 is 0. The van der Waals surface area contributed by atoms with Gasteiger partial charge in [0.05, 0.1) is 5.60 Å². The van der Waals surface area contributed by atoms with Gasteiger partial charge in [0.1, 0.15) is 0 Å². The molecular formula is C8H15NO3. The van der Waals surface area contributed by atoms with Crippen molar-refractivity contribution in [2.45, 2.75) is 18.4 Å². The molecule has 0 atom stereocenters. The third-order valence-electron chi connectivity index (χ3n) is 2.15. The second kappa shape index (κ2) is 3.87. The van der Waals surface area contributed by atoms with Crippen LogP contribution < -0.4 is 0 Å². The fourth-order valence-electron chi connectivity index (χ4n) is 1.41. The highest BCUT2D eigenvalue weighted by molar-refractivity contribution is 5.46. The first-order chi connectivity index (χ1) is 5.66. The van der Waals surface area contributed by atoms with Crippen molar-refractivity contribution in [2.75, 3.05) is 26.8 Å². The highest BCUT2D eigenvalue weighted by Crippen LogP contribution is 2.20. The zero-order valence-corrected chi connectivity index (χ0v) is 7.32. The van der Waals surface area contributed by atoms with Crippen molar-refractivity contribution < 1.29 is 14.6 Å². The van der Waals surface area contributed by atoms with Crippen molar-refractivity contribution in [3.05, 3.63) is 0 Å². The quantitative estimate of drug-likeness (QED) is 0.592. The van der Waals surface area contributed by atoms with E-state index < -0.39 is 5.60 Å². The van der Waals surface area contributed by atoms with E-state index in [0.29, 0.717) is 32.6 Å². The molecular weight excluding hydrogens is 158 g/mol. The van der Waals surface area contributed by atoms with Crippen LogP contribution >= 0.6 is 0 Å². The van der Waals surface area contributed by atoms with Crippen LogP contribution in [-0.4, -0.2) is 48.8 Å². The summed E-state index contributed by atoms with van der Waals surface area (Å²) in [6.45, 7) is 1.58. The number of likely N-dealkylation sites (N-methyl/N-ethyl adjacent to an activating group) is 1. The van der Waals surface area contributed by atoms with Gasteiger partial charge in [-0.25, -0.2) is 0 Å². The minimum atomic E-state index is -0.728. The van der Waals surface area contributed by atoms with E-state index in [1.54, 1.807) is 7.05 Å². The van der Waals surface area contributed by atoms with Crippen LogP contribution in [0.3, 0.4) is 0 Å². The van der Waals surface area contributed by atoms with Gasteiger partial charge in [0.2, 0.25) is 6.41 Å². The molecule has 12 heavy (non-hydrogen) atoms. The van der Waals surface area contributed by atoms with E-state index in [-0.39, 0.29) is 0 Å². The number of aliphatic hydroxyl groups is 1. The Hall–Kier alpha value is -0.610. The third kappa shape index (κ3) is 2.46. The molecule has 4 heteroatoms. The van der Waals surface area contributed by atoms with E-state index in [9.17, 15) is 9.90 Å². The molecule has 0 aromatic carbocycles. The molecule has 1 N–H and O–H groups in total. The van der Waals surface area contributed by atoms with Crippen LogP contribution in [0.1, 0.15) is 12.8 Å². The number of hydrogen-bond acceptors (Lipinski definition) is 3. The third-order valence-corrected chi connectivity index (χ3v) is 2.15. The second-order valence-electron chi connectivity index (χ2n) is 3.36. The SMILES string of the molecule is CN(C=O)CC1(O)CCOCC1. The molecule has 0 unspecified atom stereocenters. The molecule has 0 spiro atoms. The molecule has 1 aliphatic rings. The summed E-state index contributed by atoms with van der Waals surface area (Å²) in [7, 11) is 1.67. The largest absolute Gasteiger partial charge is 0.388 e. The number of nitrogens with zero attached hydrogens (tertiary/aromatic N) is 1. The Labute approximate surface area is 72.1 Å². The summed E-state index contributed by atoms with van der Waals surface area (Å²) in [6.07, 6.45) is 1.96. The van der Waals surface area contributed by atoms with Gasteiger partial charge >= 0.3 is 0 Å². The topological polar surface area (TPSA) is 49.8 Å². The Kier molecular flexibility index (Phi) is 3.05. The molecule has 1 aliphatic heterocycles. The molecule has 0 saturated carbocycles. The summed E-state index contributed by atoms with van der Waals surface area (Å²) in [6, 6.07) is 0. The standard InChI is InChI=1S/C8H15NO3/c1-9(7-10)6-8(11)2-4-12-5-3-8/h7,11H,2-6H2,1H3. The summed E-state index contributed by atoms with van der Waals surface area (Å²) < 4.78 is 5.11. The van der Waals surface area contributed by atoms with E-state index in [2.05, 4.69) is 0 Å². The normalized spacial score (nSPS) is 21.8. The number of carbonyl (C=O) groups is 1. The maximum absolute atomic E-state index is 10.3. The van der Waals surface area contributed by atoms with Crippen LogP contribution in [-0.2, 0) is 9.53 Å². The van der Waals surface area contributed by atoms with Crippen LogP contribution in [0.2, 0.25) is 0 Å². The van der Waals surface area contributed by atoms with Gasteiger partial charge in [-0.15, -0.1) is 0 Å². The molecule has 1 heterocycles. The molecule has 0 aromatic rings. The number of ether oxygens (including phenoxy) is 1. The van der Waals surface area contributed by atoms with Gasteiger partial charge in [-0.1, -0.05) is 0 Å². The first-order valence-corrected chi connectivity index (χ1v) is 4.12. The van der Waals surface area contributed by atoms with Gasteiger partial charge in [0.15, 0.2) is 0 Å². The molecule has 1 amide bonds. The van der Waals surface area contributed by atoms with Crippen molar-refractivity contribution in [3.8, 4) is 0 Å². The van der Waals surface area contributed by atoms with Crippen molar-refractivity contribution in [1.29, 1.82) is 0 Å². The predicted molar refractivity (Wildman–Crippen MR) is 43.7 cm³/mol. The first-order valence-electron chi connectivity index (χ1n) is 4.12. The summed E-state index contributed by atoms with van der Waals surface area (Å²) in [4.78, 5) is 11.8. The maximum Gasteiger partial charge on any atom is 0.209 e. The van der Waals surface area contributed by atoms with Crippen molar-refractivity contribution in [3.63, 3.8) is 0 Å². The van der Waals surface area contributed by atoms with Gasteiger partial charge in [0.25, 0.3) is 0 Å². The van der Waals surface area contributed by atoms with E-state index in [4.69, 9.17) is 4.74 Å². The lowest BCUT2D eigenvalue weighted by molar-refractivity contribution is -0.124. The molecule has 4 nitrogen and oxygen atoms in total. The fourth-order valence-corrected chi connectivity index (χ4v) is 1.41. The summed E-state index contributed by atoms with van der Waals surface area (Å²) in [5.41, 5.74) is -0.728. The molecule has 0 radical (unpaired) electrons. The second-order valence-corrected chi connectivity index (χ2v) is 3.36. The Balaban J connectivity index is 2.40. The number of carbonyl (C=O) groups excluding carboxylic acids is 1. The van der Waals surface area contributed by atoms with E-state index >= 15 is 0 Å². The molecule has 1 fully saturated rings. The summed E-state index contributed by atoms with van der Waals surface area (Å²) in [5.74, 6) is 0. The van der Waals surface area contributed by atoms with E-state index in [1.165, 1.54) is 4.90 Å². The Morgan fingerprint density at radius 1 is 1.58 bits per heavy atom. The van der Waals surface area contributed by atoms with Crippen LogP contribution in [0.25, 0.3) is 0 Å². The van der Waals surface area contributed by atoms with E-state index in [0.717, 1.165) is 6.41 Å². The lowest BCUT2D eigenvalue weighted by Crippen LogP contribution is -2.45. The van der Waals surface area contributed by atoms with Gasteiger partial charge in [0, 0.05) is 39.6 Å². The highest BCUT2D eigenvalue weighted by atomic mass is 16.5. The lowest BCUT2D eigenvalue weighted by Gasteiger charge is -2.34. The zero-order valence-electron chi connectivity index (χ0n) is 7.32.